The molecule has 1 heterocycles. The van der Waals surface area contributed by atoms with Crippen LogP contribution in [0.15, 0.2) is 53.2 Å². The molecular formula is C19H17ClN2O3. The molecule has 0 radical (unpaired) electrons. The quantitative estimate of drug-likeness (QED) is 0.848. The van der Waals surface area contributed by atoms with Crippen molar-refractivity contribution in [2.45, 2.75) is 13.8 Å². The molecule has 1 aliphatic heterocycles. The summed E-state index contributed by atoms with van der Waals surface area (Å²) in [5, 5.41) is 2.85. The third kappa shape index (κ3) is 3.23. The molecule has 3 rings (SSSR count). The van der Waals surface area contributed by atoms with Crippen LogP contribution in [0.2, 0.25) is 0 Å². The summed E-state index contributed by atoms with van der Waals surface area (Å²) < 4.78 is 5.15. The van der Waals surface area contributed by atoms with Gasteiger partial charge in [0.2, 0.25) is 0 Å². The van der Waals surface area contributed by atoms with Crippen LogP contribution < -0.4 is 15.0 Å². The van der Waals surface area contributed by atoms with E-state index in [4.69, 9.17) is 16.3 Å². The second-order valence-corrected chi connectivity index (χ2v) is 6.22. The highest BCUT2D eigenvalue weighted by Crippen LogP contribution is 2.32. The smallest absolute Gasteiger partial charge is 0.283 e. The van der Waals surface area contributed by atoms with E-state index >= 15 is 0 Å². The molecule has 2 amide bonds. The molecule has 0 aromatic heterocycles. The van der Waals surface area contributed by atoms with Gasteiger partial charge in [0.25, 0.3) is 11.8 Å². The summed E-state index contributed by atoms with van der Waals surface area (Å²) >= 11 is 6.15. The number of hydrogen-bond acceptors (Lipinski definition) is 4. The number of methoxy groups -OCH3 is 1. The van der Waals surface area contributed by atoms with Crippen molar-refractivity contribution in [2.75, 3.05) is 17.3 Å². The number of carbonyl (C=O) groups is 2. The van der Waals surface area contributed by atoms with E-state index in [-0.39, 0.29) is 10.7 Å². The number of hydrogen-bond donors (Lipinski definition) is 1. The number of rotatable bonds is 4. The van der Waals surface area contributed by atoms with Gasteiger partial charge in [-0.15, -0.1) is 0 Å². The Balaban J connectivity index is 1.93. The van der Waals surface area contributed by atoms with Crippen molar-refractivity contribution in [1.29, 1.82) is 0 Å². The monoisotopic (exact) mass is 356 g/mol. The summed E-state index contributed by atoms with van der Waals surface area (Å²) in [6.45, 7) is 3.91. The molecule has 0 saturated heterocycles. The van der Waals surface area contributed by atoms with Gasteiger partial charge >= 0.3 is 0 Å². The number of nitrogens with zero attached hydrogens (tertiary/aromatic N) is 1. The normalized spacial score (nSPS) is 14.3. The summed E-state index contributed by atoms with van der Waals surface area (Å²) in [6.07, 6.45) is 0. The van der Waals surface area contributed by atoms with Crippen LogP contribution in [0.5, 0.6) is 5.75 Å². The van der Waals surface area contributed by atoms with E-state index in [0.29, 0.717) is 17.1 Å². The number of amides is 2. The van der Waals surface area contributed by atoms with Gasteiger partial charge in [0.05, 0.1) is 12.8 Å². The van der Waals surface area contributed by atoms with Crippen molar-refractivity contribution in [2.24, 2.45) is 0 Å². The number of nitrogens with one attached hydrogen (secondary N) is 1. The summed E-state index contributed by atoms with van der Waals surface area (Å²) in [4.78, 5) is 26.3. The molecule has 0 fully saturated rings. The lowest BCUT2D eigenvalue weighted by Crippen LogP contribution is -2.32. The minimum absolute atomic E-state index is 0.0690. The van der Waals surface area contributed by atoms with Gasteiger partial charge in [0.1, 0.15) is 16.5 Å². The predicted molar refractivity (Wildman–Crippen MR) is 97.9 cm³/mol. The molecule has 0 unspecified atom stereocenters. The van der Waals surface area contributed by atoms with Gasteiger partial charge in [-0.2, -0.15) is 0 Å². The van der Waals surface area contributed by atoms with E-state index in [9.17, 15) is 9.59 Å². The van der Waals surface area contributed by atoms with E-state index in [2.05, 4.69) is 5.32 Å². The van der Waals surface area contributed by atoms with Crippen molar-refractivity contribution in [3.63, 3.8) is 0 Å². The molecule has 25 heavy (non-hydrogen) atoms. The van der Waals surface area contributed by atoms with Gasteiger partial charge in [-0.05, 0) is 49.2 Å². The minimum atomic E-state index is -0.563. The summed E-state index contributed by atoms with van der Waals surface area (Å²) in [5.74, 6) is -0.515. The van der Waals surface area contributed by atoms with Crippen LogP contribution in [0.25, 0.3) is 0 Å². The molecule has 1 N–H and O–H groups in total. The van der Waals surface area contributed by atoms with Gasteiger partial charge in [-0.3, -0.25) is 9.59 Å². The molecule has 0 spiro atoms. The maximum absolute atomic E-state index is 12.8. The Hall–Kier alpha value is -2.79. The molecule has 128 valence electrons. The standard InChI is InChI=1S/C19H17ClN2O3/c1-11-7-12(2)9-13(8-11)21-17-16(20)18(23)22(19(17)24)14-5-4-6-15(10-14)25-3/h4-10,21H,1-3H3. The van der Waals surface area contributed by atoms with Gasteiger partial charge in [0, 0.05) is 11.8 Å². The van der Waals surface area contributed by atoms with Gasteiger partial charge in [0.15, 0.2) is 0 Å². The second kappa shape index (κ2) is 6.61. The van der Waals surface area contributed by atoms with E-state index in [0.717, 1.165) is 16.0 Å². The second-order valence-electron chi connectivity index (χ2n) is 5.84. The van der Waals surface area contributed by atoms with Crippen LogP contribution in [0.3, 0.4) is 0 Å². The van der Waals surface area contributed by atoms with Crippen LogP contribution in [0.1, 0.15) is 11.1 Å². The van der Waals surface area contributed by atoms with Gasteiger partial charge < -0.3 is 10.1 Å². The fourth-order valence-corrected chi connectivity index (χ4v) is 3.00. The molecule has 5 nitrogen and oxygen atoms in total. The van der Waals surface area contributed by atoms with E-state index < -0.39 is 11.8 Å². The SMILES string of the molecule is COc1cccc(N2C(=O)C(Cl)=C(Nc3cc(C)cc(C)c3)C2=O)c1. The van der Waals surface area contributed by atoms with E-state index in [1.807, 2.05) is 32.0 Å². The average Bonchev–Trinajstić information content (AvgIpc) is 2.78. The van der Waals surface area contributed by atoms with Crippen LogP contribution in [0.4, 0.5) is 11.4 Å². The van der Waals surface area contributed by atoms with Crippen LogP contribution in [0, 0.1) is 13.8 Å². The highest BCUT2D eigenvalue weighted by atomic mass is 35.5. The lowest BCUT2D eigenvalue weighted by atomic mass is 10.1. The van der Waals surface area contributed by atoms with E-state index in [1.54, 1.807) is 24.3 Å². The zero-order chi connectivity index (χ0) is 18.1. The summed E-state index contributed by atoms with van der Waals surface area (Å²) in [5.41, 5.74) is 3.27. The Bertz CT molecular complexity index is 885. The number of anilines is 2. The van der Waals surface area contributed by atoms with Crippen molar-refractivity contribution in [3.8, 4) is 5.75 Å². The first-order valence-electron chi connectivity index (χ1n) is 7.68. The molecule has 2 aromatic carbocycles. The van der Waals surface area contributed by atoms with Crippen LogP contribution in [-0.2, 0) is 9.59 Å². The van der Waals surface area contributed by atoms with E-state index in [1.165, 1.54) is 7.11 Å². The Morgan fingerprint density at radius 1 is 1.00 bits per heavy atom. The molecule has 0 aliphatic carbocycles. The van der Waals surface area contributed by atoms with Crippen molar-refractivity contribution < 1.29 is 14.3 Å². The third-order valence-electron chi connectivity index (χ3n) is 3.83. The fourth-order valence-electron chi connectivity index (χ4n) is 2.79. The highest BCUT2D eigenvalue weighted by Gasteiger charge is 2.39. The maximum atomic E-state index is 12.8. The molecule has 1 aliphatic rings. The fraction of sp³-hybridized carbons (Fsp3) is 0.158. The number of ether oxygens (including phenoxy) is 1. The van der Waals surface area contributed by atoms with Crippen molar-refractivity contribution >= 4 is 34.8 Å². The van der Waals surface area contributed by atoms with Crippen molar-refractivity contribution in [3.05, 3.63) is 64.3 Å². The number of carbonyl (C=O) groups excluding carboxylic acids is 2. The zero-order valence-corrected chi connectivity index (χ0v) is 14.8. The van der Waals surface area contributed by atoms with Crippen LogP contribution >= 0.6 is 11.6 Å². The number of halogens is 1. The van der Waals surface area contributed by atoms with Crippen LogP contribution in [-0.4, -0.2) is 18.9 Å². The van der Waals surface area contributed by atoms with Gasteiger partial charge in [-0.25, -0.2) is 4.90 Å². The Kier molecular flexibility index (Phi) is 4.51. The predicted octanol–water partition coefficient (Wildman–Crippen LogP) is 3.75. The largest absolute Gasteiger partial charge is 0.497 e. The molecule has 0 bridgehead atoms. The topological polar surface area (TPSA) is 58.6 Å². The Morgan fingerprint density at radius 3 is 2.32 bits per heavy atom. The first-order chi connectivity index (χ1) is 11.9. The summed E-state index contributed by atoms with van der Waals surface area (Å²) in [7, 11) is 1.52. The first-order valence-corrected chi connectivity index (χ1v) is 8.06. The number of benzene rings is 2. The minimum Gasteiger partial charge on any atom is -0.497 e. The molecule has 2 aromatic rings. The summed E-state index contributed by atoms with van der Waals surface area (Å²) in [6, 6.07) is 12.5. The molecule has 0 saturated carbocycles. The first kappa shape index (κ1) is 17.0. The lowest BCUT2D eigenvalue weighted by Gasteiger charge is -2.16. The Labute approximate surface area is 150 Å². The van der Waals surface area contributed by atoms with Crippen molar-refractivity contribution in [1.82, 2.24) is 0 Å². The molecule has 6 heteroatoms. The molecule has 0 atom stereocenters. The number of aryl methyl sites for hydroxylation is 2. The maximum Gasteiger partial charge on any atom is 0.283 e. The number of imide groups is 1. The molecular weight excluding hydrogens is 340 g/mol. The van der Waals surface area contributed by atoms with Gasteiger partial charge in [-0.1, -0.05) is 23.7 Å². The third-order valence-corrected chi connectivity index (χ3v) is 4.18. The average molecular weight is 357 g/mol. The lowest BCUT2D eigenvalue weighted by molar-refractivity contribution is -0.120. The highest BCUT2D eigenvalue weighted by molar-refractivity contribution is 6.53. The zero-order valence-electron chi connectivity index (χ0n) is 14.1. The Morgan fingerprint density at radius 2 is 1.68 bits per heavy atom.